The van der Waals surface area contributed by atoms with E-state index in [1.54, 1.807) is 0 Å². The summed E-state index contributed by atoms with van der Waals surface area (Å²) in [5.41, 5.74) is 0. The standard InChI is InChI=1S/C16H16N2O2/c1-11(2)16-17-15(18-20-16)10-19-14-8-7-12-5-3-4-6-13(12)9-14/h3-9,11H,10H2,1-2H3. The maximum Gasteiger partial charge on any atom is 0.229 e. The van der Waals surface area contributed by atoms with E-state index in [-0.39, 0.29) is 5.92 Å². The van der Waals surface area contributed by atoms with E-state index in [1.807, 2.05) is 44.2 Å². The molecule has 2 aromatic carbocycles. The number of nitrogens with zero attached hydrogens (tertiary/aromatic N) is 2. The number of fused-ring (bicyclic) bond motifs is 1. The van der Waals surface area contributed by atoms with Crippen LogP contribution < -0.4 is 4.74 Å². The van der Waals surface area contributed by atoms with Crippen LogP contribution in [0.2, 0.25) is 0 Å². The lowest BCUT2D eigenvalue weighted by molar-refractivity contribution is 0.284. The minimum Gasteiger partial charge on any atom is -0.485 e. The van der Waals surface area contributed by atoms with Crippen molar-refractivity contribution >= 4 is 10.8 Å². The highest BCUT2D eigenvalue weighted by Gasteiger charge is 2.10. The molecule has 3 aromatic rings. The molecule has 0 saturated heterocycles. The summed E-state index contributed by atoms with van der Waals surface area (Å²) in [6, 6.07) is 14.2. The molecular weight excluding hydrogens is 252 g/mol. The molecule has 0 unspecified atom stereocenters. The lowest BCUT2D eigenvalue weighted by Crippen LogP contribution is -1.98. The van der Waals surface area contributed by atoms with E-state index in [9.17, 15) is 0 Å². The Morgan fingerprint density at radius 1 is 1.10 bits per heavy atom. The molecule has 102 valence electrons. The first-order valence-corrected chi connectivity index (χ1v) is 6.66. The summed E-state index contributed by atoms with van der Waals surface area (Å²) in [6.45, 7) is 4.34. The third-order valence-corrected chi connectivity index (χ3v) is 3.07. The second-order valence-corrected chi connectivity index (χ2v) is 5.00. The molecule has 4 heteroatoms. The van der Waals surface area contributed by atoms with Gasteiger partial charge in [-0.3, -0.25) is 0 Å². The fraction of sp³-hybridized carbons (Fsp3) is 0.250. The van der Waals surface area contributed by atoms with E-state index in [2.05, 4.69) is 22.3 Å². The van der Waals surface area contributed by atoms with Crippen molar-refractivity contribution in [3.8, 4) is 5.75 Å². The van der Waals surface area contributed by atoms with E-state index < -0.39 is 0 Å². The Morgan fingerprint density at radius 3 is 2.65 bits per heavy atom. The van der Waals surface area contributed by atoms with Gasteiger partial charge in [0, 0.05) is 5.92 Å². The van der Waals surface area contributed by atoms with Crippen LogP contribution in [0.25, 0.3) is 10.8 Å². The Labute approximate surface area is 117 Å². The van der Waals surface area contributed by atoms with Gasteiger partial charge < -0.3 is 9.26 Å². The van der Waals surface area contributed by atoms with E-state index in [1.165, 1.54) is 5.39 Å². The molecule has 0 radical (unpaired) electrons. The monoisotopic (exact) mass is 268 g/mol. The van der Waals surface area contributed by atoms with Crippen LogP contribution in [0.4, 0.5) is 0 Å². The summed E-state index contributed by atoms with van der Waals surface area (Å²) < 4.78 is 10.9. The van der Waals surface area contributed by atoms with Crippen molar-refractivity contribution in [2.24, 2.45) is 0 Å². The first-order valence-electron chi connectivity index (χ1n) is 6.66. The fourth-order valence-corrected chi connectivity index (χ4v) is 1.97. The summed E-state index contributed by atoms with van der Waals surface area (Å²) >= 11 is 0. The molecule has 1 heterocycles. The third kappa shape index (κ3) is 2.64. The molecule has 20 heavy (non-hydrogen) atoms. The van der Waals surface area contributed by atoms with Crippen LogP contribution in [0.1, 0.15) is 31.5 Å². The van der Waals surface area contributed by atoms with Crippen LogP contribution in [0.3, 0.4) is 0 Å². The largest absolute Gasteiger partial charge is 0.485 e. The van der Waals surface area contributed by atoms with Crippen molar-refractivity contribution in [2.75, 3.05) is 0 Å². The quantitative estimate of drug-likeness (QED) is 0.719. The predicted molar refractivity (Wildman–Crippen MR) is 76.7 cm³/mol. The fourth-order valence-electron chi connectivity index (χ4n) is 1.97. The minimum atomic E-state index is 0.233. The summed E-state index contributed by atoms with van der Waals surface area (Å²) in [5.74, 6) is 2.25. The molecule has 1 aromatic heterocycles. The minimum absolute atomic E-state index is 0.233. The summed E-state index contributed by atoms with van der Waals surface area (Å²) in [6.07, 6.45) is 0. The van der Waals surface area contributed by atoms with Crippen molar-refractivity contribution < 1.29 is 9.26 Å². The molecule has 3 rings (SSSR count). The Kier molecular flexibility index (Phi) is 3.37. The molecular formula is C16H16N2O2. The molecule has 0 bridgehead atoms. The van der Waals surface area contributed by atoms with Crippen LogP contribution in [0, 0.1) is 0 Å². The van der Waals surface area contributed by atoms with Gasteiger partial charge in [-0.1, -0.05) is 49.3 Å². The summed E-state index contributed by atoms with van der Waals surface area (Å²) in [5, 5.41) is 6.25. The van der Waals surface area contributed by atoms with Crippen LogP contribution in [0.15, 0.2) is 47.0 Å². The first kappa shape index (κ1) is 12.7. The van der Waals surface area contributed by atoms with E-state index >= 15 is 0 Å². The Hall–Kier alpha value is -2.36. The second kappa shape index (κ2) is 5.33. The maximum atomic E-state index is 5.71. The van der Waals surface area contributed by atoms with E-state index in [4.69, 9.17) is 9.26 Å². The molecule has 0 spiro atoms. The van der Waals surface area contributed by atoms with Gasteiger partial charge in [-0.05, 0) is 22.9 Å². The molecule has 4 nitrogen and oxygen atoms in total. The van der Waals surface area contributed by atoms with Gasteiger partial charge in [-0.15, -0.1) is 0 Å². The maximum absolute atomic E-state index is 5.71. The molecule has 0 fully saturated rings. The molecule has 0 aliphatic carbocycles. The average molecular weight is 268 g/mol. The van der Waals surface area contributed by atoms with Gasteiger partial charge in [0.25, 0.3) is 0 Å². The van der Waals surface area contributed by atoms with Gasteiger partial charge in [0.15, 0.2) is 6.61 Å². The number of rotatable bonds is 4. The van der Waals surface area contributed by atoms with Gasteiger partial charge >= 0.3 is 0 Å². The zero-order valence-corrected chi connectivity index (χ0v) is 11.5. The molecule has 0 aliphatic heterocycles. The van der Waals surface area contributed by atoms with Gasteiger partial charge in [-0.2, -0.15) is 4.98 Å². The average Bonchev–Trinajstić information content (AvgIpc) is 2.94. The van der Waals surface area contributed by atoms with Crippen LogP contribution in [-0.2, 0) is 6.61 Å². The van der Waals surface area contributed by atoms with Crippen molar-refractivity contribution in [1.29, 1.82) is 0 Å². The number of aromatic nitrogens is 2. The van der Waals surface area contributed by atoms with Crippen molar-refractivity contribution in [3.05, 3.63) is 54.2 Å². The van der Waals surface area contributed by atoms with Crippen molar-refractivity contribution in [2.45, 2.75) is 26.4 Å². The molecule has 0 N–H and O–H groups in total. The zero-order valence-electron chi connectivity index (χ0n) is 11.5. The predicted octanol–water partition coefficient (Wildman–Crippen LogP) is 3.93. The van der Waals surface area contributed by atoms with Crippen LogP contribution in [-0.4, -0.2) is 10.1 Å². The number of ether oxygens (including phenoxy) is 1. The highest BCUT2D eigenvalue weighted by molar-refractivity contribution is 5.83. The van der Waals surface area contributed by atoms with E-state index in [0.29, 0.717) is 18.3 Å². The zero-order chi connectivity index (χ0) is 13.9. The number of hydrogen-bond acceptors (Lipinski definition) is 4. The molecule has 0 saturated carbocycles. The Bertz CT molecular complexity index is 719. The summed E-state index contributed by atoms with van der Waals surface area (Å²) in [7, 11) is 0. The van der Waals surface area contributed by atoms with Crippen LogP contribution in [0.5, 0.6) is 5.75 Å². The number of benzene rings is 2. The highest BCUT2D eigenvalue weighted by Crippen LogP contribution is 2.21. The SMILES string of the molecule is CC(C)c1nc(COc2ccc3ccccc3c2)no1. The van der Waals surface area contributed by atoms with Gasteiger partial charge in [0.2, 0.25) is 11.7 Å². The highest BCUT2D eigenvalue weighted by atomic mass is 16.5. The Morgan fingerprint density at radius 2 is 1.90 bits per heavy atom. The topological polar surface area (TPSA) is 48.2 Å². The number of hydrogen-bond donors (Lipinski definition) is 0. The Balaban J connectivity index is 1.72. The second-order valence-electron chi connectivity index (χ2n) is 5.00. The summed E-state index contributed by atoms with van der Waals surface area (Å²) in [4.78, 5) is 4.28. The van der Waals surface area contributed by atoms with Gasteiger partial charge in [0.1, 0.15) is 5.75 Å². The smallest absolute Gasteiger partial charge is 0.229 e. The van der Waals surface area contributed by atoms with Gasteiger partial charge in [0.05, 0.1) is 0 Å². The van der Waals surface area contributed by atoms with Crippen molar-refractivity contribution in [3.63, 3.8) is 0 Å². The van der Waals surface area contributed by atoms with Crippen molar-refractivity contribution in [1.82, 2.24) is 10.1 Å². The lowest BCUT2D eigenvalue weighted by Gasteiger charge is -2.04. The molecule has 0 amide bonds. The van der Waals surface area contributed by atoms with Crippen LogP contribution >= 0.6 is 0 Å². The lowest BCUT2D eigenvalue weighted by atomic mass is 10.1. The molecule has 0 aliphatic rings. The first-order chi connectivity index (χ1) is 9.72. The molecule has 0 atom stereocenters. The van der Waals surface area contributed by atoms with E-state index in [0.717, 1.165) is 11.1 Å². The third-order valence-electron chi connectivity index (χ3n) is 3.07. The van der Waals surface area contributed by atoms with Gasteiger partial charge in [-0.25, -0.2) is 0 Å². The normalized spacial score (nSPS) is 11.2.